The van der Waals surface area contributed by atoms with Gasteiger partial charge in [-0.05, 0) is 17.7 Å². The third kappa shape index (κ3) is 3.43. The molecule has 0 amide bonds. The third-order valence-corrected chi connectivity index (χ3v) is 5.80. The first kappa shape index (κ1) is 19.4. The Morgan fingerprint density at radius 3 is 2.61 bits per heavy atom. The van der Waals surface area contributed by atoms with Gasteiger partial charge in [0.2, 0.25) is 0 Å². The van der Waals surface area contributed by atoms with Gasteiger partial charge in [0.15, 0.2) is 28.4 Å². The number of ether oxygens (including phenoxy) is 1. The Balaban J connectivity index is 1.72. The van der Waals surface area contributed by atoms with Crippen LogP contribution in [0.3, 0.4) is 0 Å². The number of benzene rings is 1. The lowest BCUT2D eigenvalue weighted by molar-refractivity contribution is -0.0548. The molecule has 9 nitrogen and oxygen atoms in total. The molecule has 1 aromatic carbocycles. The van der Waals surface area contributed by atoms with E-state index < -0.39 is 31.1 Å². The van der Waals surface area contributed by atoms with Crippen LogP contribution >= 0.6 is 23.4 Å². The average molecular weight is 424 g/mol. The number of halogens is 1. The summed E-state index contributed by atoms with van der Waals surface area (Å²) in [6.45, 7) is -0.425. The van der Waals surface area contributed by atoms with Crippen molar-refractivity contribution in [2.75, 3.05) is 12.3 Å². The van der Waals surface area contributed by atoms with Crippen LogP contribution in [0.25, 0.3) is 11.2 Å². The maximum absolute atomic E-state index is 10.5. The lowest BCUT2D eigenvalue weighted by Gasteiger charge is -2.19. The number of imidazole rings is 1. The second kappa shape index (κ2) is 7.82. The fourth-order valence-corrected chi connectivity index (χ4v) is 4.16. The van der Waals surface area contributed by atoms with Gasteiger partial charge in [0.05, 0.1) is 6.61 Å². The Morgan fingerprint density at radius 2 is 1.93 bits per heavy atom. The molecule has 11 heteroatoms. The predicted octanol–water partition coefficient (Wildman–Crippen LogP) is 0.966. The molecule has 4 atom stereocenters. The Morgan fingerprint density at radius 1 is 1.18 bits per heavy atom. The Hall–Kier alpha value is -1.95. The monoisotopic (exact) mass is 423 g/mol. The third-order valence-electron chi connectivity index (χ3n) is 4.53. The van der Waals surface area contributed by atoms with Gasteiger partial charge in [-0.25, -0.2) is 15.0 Å². The van der Waals surface area contributed by atoms with Crippen molar-refractivity contribution in [1.29, 1.82) is 0 Å². The van der Waals surface area contributed by atoms with E-state index in [9.17, 15) is 15.3 Å². The van der Waals surface area contributed by atoms with Crippen LogP contribution in [-0.2, 0) is 10.5 Å². The Kier molecular flexibility index (Phi) is 5.41. The van der Waals surface area contributed by atoms with Crippen LogP contribution in [0.1, 0.15) is 11.8 Å². The van der Waals surface area contributed by atoms with Crippen LogP contribution in [-0.4, -0.2) is 59.8 Å². The molecule has 3 aromatic rings. The van der Waals surface area contributed by atoms with E-state index in [0.29, 0.717) is 27.1 Å². The van der Waals surface area contributed by atoms with Gasteiger partial charge in [0.1, 0.15) is 24.6 Å². The Bertz CT molecular complexity index is 986. The van der Waals surface area contributed by atoms with Crippen LogP contribution in [0.2, 0.25) is 5.02 Å². The van der Waals surface area contributed by atoms with E-state index in [1.165, 1.54) is 18.1 Å². The molecule has 0 aliphatic carbocycles. The molecule has 1 fully saturated rings. The molecule has 2 aromatic heterocycles. The molecule has 0 bridgehead atoms. The number of nitrogen functional groups attached to an aromatic ring is 1. The first-order valence-electron chi connectivity index (χ1n) is 8.47. The summed E-state index contributed by atoms with van der Waals surface area (Å²) >= 11 is 7.32. The van der Waals surface area contributed by atoms with Gasteiger partial charge in [-0.15, -0.1) is 0 Å². The van der Waals surface area contributed by atoms with Gasteiger partial charge >= 0.3 is 0 Å². The van der Waals surface area contributed by atoms with Gasteiger partial charge in [0, 0.05) is 10.8 Å². The van der Waals surface area contributed by atoms with Gasteiger partial charge in [-0.1, -0.05) is 35.5 Å². The molecule has 1 saturated heterocycles. The first-order chi connectivity index (χ1) is 13.5. The lowest BCUT2D eigenvalue weighted by Crippen LogP contribution is -2.33. The van der Waals surface area contributed by atoms with Crippen molar-refractivity contribution in [3.63, 3.8) is 0 Å². The zero-order valence-electron chi connectivity index (χ0n) is 14.5. The number of aliphatic hydroxyl groups excluding tert-OH is 3. The molecule has 0 spiro atoms. The summed E-state index contributed by atoms with van der Waals surface area (Å²) in [6, 6.07) is 7.41. The van der Waals surface area contributed by atoms with Gasteiger partial charge in [-0.3, -0.25) is 4.57 Å². The first-order valence-corrected chi connectivity index (χ1v) is 9.84. The van der Waals surface area contributed by atoms with E-state index >= 15 is 0 Å². The fourth-order valence-electron chi connectivity index (χ4n) is 3.06. The fraction of sp³-hybridized carbons (Fsp3) is 0.353. The maximum Gasteiger partial charge on any atom is 0.172 e. The van der Waals surface area contributed by atoms with Crippen molar-refractivity contribution in [1.82, 2.24) is 19.5 Å². The second-order valence-electron chi connectivity index (χ2n) is 6.34. The van der Waals surface area contributed by atoms with Crippen molar-refractivity contribution < 1.29 is 20.1 Å². The zero-order valence-corrected chi connectivity index (χ0v) is 16.1. The van der Waals surface area contributed by atoms with E-state index in [2.05, 4.69) is 15.0 Å². The summed E-state index contributed by atoms with van der Waals surface area (Å²) in [5.74, 6) is 0.770. The number of aliphatic hydroxyl groups is 3. The van der Waals surface area contributed by atoms with Crippen LogP contribution in [0.4, 0.5) is 5.82 Å². The number of rotatable bonds is 5. The van der Waals surface area contributed by atoms with Crippen molar-refractivity contribution in [2.45, 2.75) is 35.4 Å². The molecule has 0 unspecified atom stereocenters. The SMILES string of the molecule is Nc1ncnc2c1nc(SCc1ccc(Cl)cc1)n2[C@@H]1O[C@H](CO)[C@@H](O)[C@H]1O. The molecular weight excluding hydrogens is 406 g/mol. The maximum atomic E-state index is 10.5. The highest BCUT2D eigenvalue weighted by Crippen LogP contribution is 2.37. The Labute approximate surface area is 169 Å². The molecule has 0 saturated carbocycles. The summed E-state index contributed by atoms with van der Waals surface area (Å²) in [7, 11) is 0. The lowest BCUT2D eigenvalue weighted by atomic mass is 10.1. The number of fused-ring (bicyclic) bond motifs is 1. The van der Waals surface area contributed by atoms with Crippen LogP contribution in [0.5, 0.6) is 0 Å². The summed E-state index contributed by atoms with van der Waals surface area (Å²) in [5, 5.41) is 31.1. The van der Waals surface area contributed by atoms with Gasteiger partial charge in [-0.2, -0.15) is 0 Å². The average Bonchev–Trinajstić information content (AvgIpc) is 3.20. The number of nitrogens with two attached hydrogens (primary N) is 1. The summed E-state index contributed by atoms with van der Waals surface area (Å²) in [6.07, 6.45) is -3.09. The minimum Gasteiger partial charge on any atom is -0.394 e. The quantitative estimate of drug-likeness (QED) is 0.442. The highest BCUT2D eigenvalue weighted by molar-refractivity contribution is 7.98. The molecule has 0 radical (unpaired) electrons. The molecule has 3 heterocycles. The summed E-state index contributed by atoms with van der Waals surface area (Å²) < 4.78 is 7.26. The molecule has 1 aliphatic rings. The van der Waals surface area contributed by atoms with Crippen LogP contribution in [0, 0.1) is 0 Å². The molecule has 1 aliphatic heterocycles. The van der Waals surface area contributed by atoms with Crippen molar-refractivity contribution >= 4 is 40.3 Å². The van der Waals surface area contributed by atoms with E-state index in [1.807, 2.05) is 12.1 Å². The predicted molar refractivity (Wildman–Crippen MR) is 104 cm³/mol. The number of anilines is 1. The minimum atomic E-state index is -1.26. The molecule has 148 valence electrons. The topological polar surface area (TPSA) is 140 Å². The smallest absolute Gasteiger partial charge is 0.172 e. The zero-order chi connectivity index (χ0) is 19.8. The summed E-state index contributed by atoms with van der Waals surface area (Å²) in [4.78, 5) is 12.7. The van der Waals surface area contributed by atoms with Gasteiger partial charge < -0.3 is 25.8 Å². The summed E-state index contributed by atoms with van der Waals surface area (Å²) in [5.41, 5.74) is 7.70. The number of hydrogen-bond donors (Lipinski definition) is 4. The molecule has 28 heavy (non-hydrogen) atoms. The molecule has 4 rings (SSSR count). The second-order valence-corrected chi connectivity index (χ2v) is 7.72. The largest absolute Gasteiger partial charge is 0.394 e. The number of thioether (sulfide) groups is 1. The molecular formula is C17H18ClN5O4S. The normalized spacial score (nSPS) is 24.9. The number of hydrogen-bond acceptors (Lipinski definition) is 9. The van der Waals surface area contributed by atoms with Crippen LogP contribution in [0.15, 0.2) is 35.7 Å². The van der Waals surface area contributed by atoms with E-state index in [4.69, 9.17) is 22.1 Å². The van der Waals surface area contributed by atoms with Crippen molar-refractivity contribution in [2.24, 2.45) is 0 Å². The number of nitrogens with zero attached hydrogens (tertiary/aromatic N) is 4. The van der Waals surface area contributed by atoms with Crippen LogP contribution < -0.4 is 5.73 Å². The van der Waals surface area contributed by atoms with E-state index in [0.717, 1.165) is 5.56 Å². The van der Waals surface area contributed by atoms with E-state index in [1.54, 1.807) is 16.7 Å². The van der Waals surface area contributed by atoms with Crippen molar-refractivity contribution in [3.05, 3.63) is 41.2 Å². The molecule has 5 N–H and O–H groups in total. The standard InChI is InChI=1S/C17H18ClN5O4S/c18-9-3-1-8(2-4-9)6-28-17-22-11-14(19)20-7-21-15(11)23(17)16-13(26)12(25)10(5-24)27-16/h1-4,7,10,12-13,16,24-26H,5-6H2,(H2,19,20,21)/t10-,12-,13-,16-/m1/s1. The number of aromatic nitrogens is 4. The highest BCUT2D eigenvalue weighted by Gasteiger charge is 2.45. The highest BCUT2D eigenvalue weighted by atomic mass is 35.5. The van der Waals surface area contributed by atoms with Crippen molar-refractivity contribution in [3.8, 4) is 0 Å². The van der Waals surface area contributed by atoms with Gasteiger partial charge in [0.25, 0.3) is 0 Å². The van der Waals surface area contributed by atoms with E-state index in [-0.39, 0.29) is 5.82 Å². The minimum absolute atomic E-state index is 0.198.